The lowest BCUT2D eigenvalue weighted by Gasteiger charge is -2.31. The Labute approximate surface area is 147 Å². The van der Waals surface area contributed by atoms with Crippen molar-refractivity contribution in [2.45, 2.75) is 50.6 Å². The van der Waals surface area contributed by atoms with E-state index in [-0.39, 0.29) is 40.4 Å². The second-order valence-electron chi connectivity index (χ2n) is 6.67. The fraction of sp³-hybridized carbons (Fsp3) is 0.562. The molecule has 0 aromatic heterocycles. The smallest absolute Gasteiger partial charge is 0.262 e. The summed E-state index contributed by atoms with van der Waals surface area (Å²) in [6, 6.07) is 2.75. The number of carbonyl (C=O) groups excluding carboxylic acids is 1. The van der Waals surface area contributed by atoms with E-state index in [4.69, 9.17) is 16.3 Å². The second-order valence-corrected chi connectivity index (χ2v) is 8.89. The van der Waals surface area contributed by atoms with Gasteiger partial charge in [0.05, 0.1) is 10.7 Å². The Morgan fingerprint density at radius 2 is 1.96 bits per heavy atom. The Kier molecular flexibility index (Phi) is 4.53. The lowest BCUT2D eigenvalue weighted by Crippen LogP contribution is -2.43. The number of halogens is 1. The molecule has 1 saturated carbocycles. The minimum absolute atomic E-state index is 0.0264. The van der Waals surface area contributed by atoms with Gasteiger partial charge in [0.2, 0.25) is 10.0 Å². The summed E-state index contributed by atoms with van der Waals surface area (Å²) in [4.78, 5) is 11.4. The van der Waals surface area contributed by atoms with Gasteiger partial charge in [0.25, 0.3) is 5.91 Å². The van der Waals surface area contributed by atoms with Crippen molar-refractivity contribution in [3.63, 3.8) is 0 Å². The van der Waals surface area contributed by atoms with E-state index in [1.54, 1.807) is 4.31 Å². The molecule has 3 rings (SSSR count). The van der Waals surface area contributed by atoms with Gasteiger partial charge in [0, 0.05) is 18.2 Å². The molecule has 1 aromatic carbocycles. The summed E-state index contributed by atoms with van der Waals surface area (Å²) in [7, 11) is -3.75. The molecule has 24 heavy (non-hydrogen) atoms. The van der Waals surface area contributed by atoms with E-state index < -0.39 is 10.0 Å². The molecule has 1 unspecified atom stereocenters. The molecular formula is C16H21ClN2O4S. The summed E-state index contributed by atoms with van der Waals surface area (Å²) in [5.41, 5.74) is 0.394. The monoisotopic (exact) mass is 372 g/mol. The van der Waals surface area contributed by atoms with Crippen LogP contribution in [-0.4, -0.2) is 37.3 Å². The first-order chi connectivity index (χ1) is 11.2. The molecule has 1 aromatic rings. The molecule has 0 saturated heterocycles. The van der Waals surface area contributed by atoms with Gasteiger partial charge in [0.15, 0.2) is 6.61 Å². The standard InChI is InChI=1S/C16H21ClN2O4S/c1-9(2)10(3)19(11-4-5-11)24(21,22)15-7-14-13(6-12(15)17)18-16(20)8-23-14/h6-7,9-11H,4-5,8H2,1-3H3,(H,18,20). The Morgan fingerprint density at radius 3 is 2.54 bits per heavy atom. The number of nitrogens with one attached hydrogen (secondary N) is 1. The van der Waals surface area contributed by atoms with Crippen LogP contribution in [-0.2, 0) is 14.8 Å². The topological polar surface area (TPSA) is 75.7 Å². The molecule has 1 N–H and O–H groups in total. The minimum atomic E-state index is -3.75. The summed E-state index contributed by atoms with van der Waals surface area (Å²) in [5, 5.41) is 2.71. The zero-order valence-corrected chi connectivity index (χ0v) is 15.4. The average molecular weight is 373 g/mol. The van der Waals surface area contributed by atoms with Crippen molar-refractivity contribution in [2.75, 3.05) is 11.9 Å². The first-order valence-electron chi connectivity index (χ1n) is 8.01. The van der Waals surface area contributed by atoms with Crippen molar-refractivity contribution < 1.29 is 17.9 Å². The Balaban J connectivity index is 2.04. The van der Waals surface area contributed by atoms with Crippen LogP contribution < -0.4 is 10.1 Å². The van der Waals surface area contributed by atoms with E-state index in [1.165, 1.54) is 12.1 Å². The third-order valence-corrected chi connectivity index (χ3v) is 7.00. The van der Waals surface area contributed by atoms with Gasteiger partial charge in [-0.15, -0.1) is 0 Å². The molecule has 1 fully saturated rings. The SMILES string of the molecule is CC(C)C(C)N(C1CC1)S(=O)(=O)c1cc2c(cc1Cl)NC(=O)CO2. The molecule has 1 atom stereocenters. The van der Waals surface area contributed by atoms with Crippen LogP contribution in [0.2, 0.25) is 5.02 Å². The van der Waals surface area contributed by atoms with Crippen molar-refractivity contribution in [1.29, 1.82) is 0 Å². The molecule has 1 heterocycles. The van der Waals surface area contributed by atoms with Crippen molar-refractivity contribution >= 4 is 33.2 Å². The van der Waals surface area contributed by atoms with Gasteiger partial charge < -0.3 is 10.1 Å². The number of ether oxygens (including phenoxy) is 1. The van der Waals surface area contributed by atoms with E-state index in [1.807, 2.05) is 20.8 Å². The number of amides is 1. The third kappa shape index (κ3) is 3.12. The van der Waals surface area contributed by atoms with Crippen LogP contribution in [0.1, 0.15) is 33.6 Å². The van der Waals surface area contributed by atoms with E-state index in [2.05, 4.69) is 5.32 Å². The number of hydrogen-bond acceptors (Lipinski definition) is 4. The predicted molar refractivity (Wildman–Crippen MR) is 91.9 cm³/mol. The van der Waals surface area contributed by atoms with Gasteiger partial charge >= 0.3 is 0 Å². The number of rotatable bonds is 5. The number of fused-ring (bicyclic) bond motifs is 1. The van der Waals surface area contributed by atoms with E-state index in [9.17, 15) is 13.2 Å². The fourth-order valence-electron chi connectivity index (χ4n) is 2.76. The van der Waals surface area contributed by atoms with Gasteiger partial charge in [-0.3, -0.25) is 4.79 Å². The average Bonchev–Trinajstić information content (AvgIpc) is 3.30. The quantitative estimate of drug-likeness (QED) is 0.862. The molecule has 0 radical (unpaired) electrons. The van der Waals surface area contributed by atoms with Gasteiger partial charge in [0.1, 0.15) is 10.6 Å². The highest BCUT2D eigenvalue weighted by Gasteiger charge is 2.43. The van der Waals surface area contributed by atoms with Crippen LogP contribution in [0.15, 0.2) is 17.0 Å². The van der Waals surface area contributed by atoms with Crippen LogP contribution in [0, 0.1) is 5.92 Å². The van der Waals surface area contributed by atoms with Gasteiger partial charge in [-0.1, -0.05) is 25.4 Å². The Morgan fingerprint density at radius 1 is 1.29 bits per heavy atom. The molecule has 1 aliphatic heterocycles. The van der Waals surface area contributed by atoms with Crippen LogP contribution in [0.4, 0.5) is 5.69 Å². The van der Waals surface area contributed by atoms with Crippen molar-refractivity contribution in [2.24, 2.45) is 5.92 Å². The summed E-state index contributed by atoms with van der Waals surface area (Å²) in [5.74, 6) is 0.222. The number of sulfonamides is 1. The molecule has 0 spiro atoms. The summed E-state index contributed by atoms with van der Waals surface area (Å²) >= 11 is 6.23. The Bertz CT molecular complexity index is 775. The zero-order chi connectivity index (χ0) is 17.6. The molecule has 2 aliphatic rings. The predicted octanol–water partition coefficient (Wildman–Crippen LogP) is 2.87. The minimum Gasteiger partial charge on any atom is -0.482 e. The first kappa shape index (κ1) is 17.5. The van der Waals surface area contributed by atoms with Crippen LogP contribution in [0.25, 0.3) is 0 Å². The number of nitrogens with zero attached hydrogens (tertiary/aromatic N) is 1. The number of hydrogen-bond donors (Lipinski definition) is 1. The van der Waals surface area contributed by atoms with Crippen molar-refractivity contribution in [1.82, 2.24) is 4.31 Å². The maximum Gasteiger partial charge on any atom is 0.262 e. The van der Waals surface area contributed by atoms with Crippen molar-refractivity contribution in [3.05, 3.63) is 17.2 Å². The molecule has 0 bridgehead atoms. The zero-order valence-electron chi connectivity index (χ0n) is 13.9. The van der Waals surface area contributed by atoms with Crippen LogP contribution >= 0.6 is 11.6 Å². The summed E-state index contributed by atoms with van der Waals surface area (Å²) in [6.45, 7) is 5.79. The maximum absolute atomic E-state index is 13.2. The maximum atomic E-state index is 13.2. The van der Waals surface area contributed by atoms with E-state index in [0.717, 1.165) is 12.8 Å². The normalized spacial score (nSPS) is 19.0. The second kappa shape index (κ2) is 6.20. The molecule has 1 amide bonds. The third-order valence-electron chi connectivity index (χ3n) is 4.50. The largest absolute Gasteiger partial charge is 0.482 e. The number of carbonyl (C=O) groups is 1. The molecule has 6 nitrogen and oxygen atoms in total. The molecule has 8 heteroatoms. The molecule has 132 valence electrons. The van der Waals surface area contributed by atoms with Gasteiger partial charge in [-0.05, 0) is 31.7 Å². The summed E-state index contributed by atoms with van der Waals surface area (Å²) in [6.07, 6.45) is 1.73. The van der Waals surface area contributed by atoms with E-state index >= 15 is 0 Å². The van der Waals surface area contributed by atoms with Crippen LogP contribution in [0.5, 0.6) is 5.75 Å². The fourth-order valence-corrected chi connectivity index (χ4v) is 5.29. The van der Waals surface area contributed by atoms with Gasteiger partial charge in [-0.2, -0.15) is 4.31 Å². The lowest BCUT2D eigenvalue weighted by molar-refractivity contribution is -0.118. The number of anilines is 1. The van der Waals surface area contributed by atoms with Gasteiger partial charge in [-0.25, -0.2) is 8.42 Å². The highest BCUT2D eigenvalue weighted by molar-refractivity contribution is 7.89. The molecular weight excluding hydrogens is 352 g/mol. The van der Waals surface area contributed by atoms with E-state index in [0.29, 0.717) is 11.4 Å². The highest BCUT2D eigenvalue weighted by atomic mass is 35.5. The summed E-state index contributed by atoms with van der Waals surface area (Å²) < 4.78 is 33.4. The lowest BCUT2D eigenvalue weighted by atomic mass is 10.1. The number of benzene rings is 1. The highest BCUT2D eigenvalue weighted by Crippen LogP contribution is 2.41. The Hall–Kier alpha value is -1.31. The van der Waals surface area contributed by atoms with Crippen LogP contribution in [0.3, 0.4) is 0 Å². The molecule has 1 aliphatic carbocycles. The first-order valence-corrected chi connectivity index (χ1v) is 9.83. The van der Waals surface area contributed by atoms with Crippen molar-refractivity contribution in [3.8, 4) is 5.75 Å².